The summed E-state index contributed by atoms with van der Waals surface area (Å²) in [4.78, 5) is 10.5. The molecule has 1 aromatic rings. The second-order valence-corrected chi connectivity index (χ2v) is 3.40. The number of aliphatic hydroxyl groups is 2. The number of benzene rings is 1. The van der Waals surface area contributed by atoms with Gasteiger partial charge in [0.1, 0.15) is 12.0 Å². The van der Waals surface area contributed by atoms with Crippen LogP contribution in [0.2, 0.25) is 0 Å². The molecule has 0 amide bonds. The molecule has 2 atom stereocenters. The van der Waals surface area contributed by atoms with Crippen LogP contribution in [0.25, 0.3) is 0 Å². The Morgan fingerprint density at radius 3 is 2.60 bits per heavy atom. The summed E-state index contributed by atoms with van der Waals surface area (Å²) in [7, 11) is 0. The van der Waals surface area contributed by atoms with E-state index in [1.807, 2.05) is 0 Å². The van der Waals surface area contributed by atoms with Crippen molar-refractivity contribution in [3.8, 4) is 5.75 Å². The quantitative estimate of drug-likeness (QED) is 0.405. The second-order valence-electron chi connectivity index (χ2n) is 3.40. The van der Waals surface area contributed by atoms with Crippen molar-refractivity contribution < 1.29 is 20.1 Å². The largest absolute Gasteiger partial charge is 0.508 e. The number of hydrogen-bond acceptors (Lipinski definition) is 5. The molecule has 0 unspecified atom stereocenters. The third-order valence-electron chi connectivity index (χ3n) is 2.23. The number of hydrogen-bond donors (Lipinski definition) is 4. The summed E-state index contributed by atoms with van der Waals surface area (Å²) in [5.41, 5.74) is 3.53. The lowest BCUT2D eigenvalue weighted by Crippen LogP contribution is -2.46. The van der Waals surface area contributed by atoms with Gasteiger partial charge >= 0.3 is 0 Å². The Morgan fingerprint density at radius 2 is 2.13 bits per heavy atom. The van der Waals surface area contributed by atoms with E-state index in [0.717, 1.165) is 0 Å². The van der Waals surface area contributed by atoms with Crippen molar-refractivity contribution in [2.24, 2.45) is 5.73 Å². The van der Waals surface area contributed by atoms with E-state index < -0.39 is 11.8 Å². The second kappa shape index (κ2) is 3.98. The molecule has 0 saturated carbocycles. The SMILES string of the molecule is C[C@H](O)[C@@](N)(O)c1cc(C=O)ccc1O. The lowest BCUT2D eigenvalue weighted by Gasteiger charge is -2.27. The number of carbonyl (C=O) groups excluding carboxylic acids is 1. The Bertz CT molecular complexity index is 374. The molecular weight excluding hydrogens is 198 g/mol. The molecule has 5 N–H and O–H groups in total. The molecule has 1 aromatic carbocycles. The molecule has 0 aliphatic rings. The van der Waals surface area contributed by atoms with Crippen molar-refractivity contribution in [3.63, 3.8) is 0 Å². The predicted octanol–water partition coefficient (Wildman–Crippen LogP) is -0.311. The zero-order valence-electron chi connectivity index (χ0n) is 8.21. The third kappa shape index (κ3) is 2.15. The number of aromatic hydroxyl groups is 1. The predicted molar refractivity (Wildman–Crippen MR) is 53.3 cm³/mol. The third-order valence-corrected chi connectivity index (χ3v) is 2.23. The highest BCUT2D eigenvalue weighted by Gasteiger charge is 2.32. The minimum Gasteiger partial charge on any atom is -0.508 e. The number of aldehydes is 1. The average Bonchev–Trinajstić information content (AvgIpc) is 2.18. The number of nitrogens with two attached hydrogens (primary N) is 1. The number of phenolic OH excluding ortho intramolecular Hbond substituents is 1. The highest BCUT2D eigenvalue weighted by molar-refractivity contribution is 5.75. The van der Waals surface area contributed by atoms with Crippen LogP contribution >= 0.6 is 0 Å². The molecule has 0 heterocycles. The molecule has 0 spiro atoms. The highest BCUT2D eigenvalue weighted by Crippen LogP contribution is 2.28. The van der Waals surface area contributed by atoms with Gasteiger partial charge in [0.25, 0.3) is 0 Å². The maximum absolute atomic E-state index is 10.5. The van der Waals surface area contributed by atoms with Crippen LogP contribution in [0.4, 0.5) is 0 Å². The zero-order chi connectivity index (χ0) is 11.6. The highest BCUT2D eigenvalue weighted by atomic mass is 16.4. The molecular formula is C10H13NO4. The normalized spacial score (nSPS) is 16.8. The van der Waals surface area contributed by atoms with Gasteiger partial charge in [-0.1, -0.05) is 0 Å². The van der Waals surface area contributed by atoms with E-state index in [-0.39, 0.29) is 16.9 Å². The Balaban J connectivity index is 3.29. The molecule has 0 fully saturated rings. The van der Waals surface area contributed by atoms with Gasteiger partial charge in [-0.05, 0) is 25.1 Å². The van der Waals surface area contributed by atoms with Gasteiger partial charge in [-0.15, -0.1) is 0 Å². The van der Waals surface area contributed by atoms with Gasteiger partial charge in [0.15, 0.2) is 5.72 Å². The van der Waals surface area contributed by atoms with Gasteiger partial charge in [0, 0.05) is 11.1 Å². The summed E-state index contributed by atoms with van der Waals surface area (Å²) in [6.45, 7) is 1.28. The summed E-state index contributed by atoms with van der Waals surface area (Å²) < 4.78 is 0. The van der Waals surface area contributed by atoms with E-state index in [0.29, 0.717) is 6.29 Å². The van der Waals surface area contributed by atoms with Gasteiger partial charge < -0.3 is 15.3 Å². The van der Waals surface area contributed by atoms with E-state index in [1.54, 1.807) is 0 Å². The number of phenols is 1. The molecule has 0 radical (unpaired) electrons. The van der Waals surface area contributed by atoms with E-state index in [4.69, 9.17) is 5.73 Å². The smallest absolute Gasteiger partial charge is 0.169 e. The molecule has 5 heteroatoms. The van der Waals surface area contributed by atoms with Crippen LogP contribution in [0.15, 0.2) is 18.2 Å². The Kier molecular flexibility index (Phi) is 3.09. The fraction of sp³-hybridized carbons (Fsp3) is 0.300. The van der Waals surface area contributed by atoms with Crippen LogP contribution in [0, 0.1) is 0 Å². The van der Waals surface area contributed by atoms with Crippen LogP contribution in [0.3, 0.4) is 0 Å². The van der Waals surface area contributed by atoms with Crippen molar-refractivity contribution in [2.45, 2.75) is 18.8 Å². The minimum atomic E-state index is -2.08. The van der Waals surface area contributed by atoms with Gasteiger partial charge in [0.2, 0.25) is 0 Å². The first-order chi connectivity index (χ1) is 6.89. The van der Waals surface area contributed by atoms with E-state index in [9.17, 15) is 20.1 Å². The van der Waals surface area contributed by atoms with Crippen molar-refractivity contribution >= 4 is 6.29 Å². The van der Waals surface area contributed by atoms with Crippen molar-refractivity contribution in [3.05, 3.63) is 29.3 Å². The molecule has 0 aromatic heterocycles. The van der Waals surface area contributed by atoms with E-state index >= 15 is 0 Å². The fourth-order valence-electron chi connectivity index (χ4n) is 1.17. The first-order valence-electron chi connectivity index (χ1n) is 4.37. The Hall–Kier alpha value is -1.43. The average molecular weight is 211 g/mol. The van der Waals surface area contributed by atoms with E-state index in [2.05, 4.69) is 0 Å². The monoisotopic (exact) mass is 211 g/mol. The summed E-state index contributed by atoms with van der Waals surface area (Å²) in [5.74, 6) is -0.272. The van der Waals surface area contributed by atoms with Crippen molar-refractivity contribution in [1.82, 2.24) is 0 Å². The van der Waals surface area contributed by atoms with Crippen LogP contribution in [-0.2, 0) is 5.72 Å². The van der Waals surface area contributed by atoms with Gasteiger partial charge in [0.05, 0.1) is 6.10 Å². The molecule has 82 valence electrons. The van der Waals surface area contributed by atoms with Gasteiger partial charge in [-0.3, -0.25) is 10.5 Å². The standard InChI is InChI=1S/C10H13NO4/c1-6(13)10(11,15)8-4-7(5-12)2-3-9(8)14/h2-6,13-15H,11H2,1H3/t6-,10+/m0/s1. The first kappa shape index (κ1) is 11.6. The molecule has 0 aliphatic carbocycles. The maximum Gasteiger partial charge on any atom is 0.169 e. The molecule has 15 heavy (non-hydrogen) atoms. The molecule has 0 bridgehead atoms. The number of rotatable bonds is 3. The van der Waals surface area contributed by atoms with Crippen LogP contribution in [0.1, 0.15) is 22.8 Å². The molecule has 0 saturated heterocycles. The summed E-state index contributed by atoms with van der Waals surface area (Å²) >= 11 is 0. The molecule has 0 aliphatic heterocycles. The summed E-state index contributed by atoms with van der Waals surface area (Å²) in [6.07, 6.45) is -0.716. The van der Waals surface area contributed by atoms with Crippen LogP contribution in [0.5, 0.6) is 5.75 Å². The molecule has 1 rings (SSSR count). The summed E-state index contributed by atoms with van der Waals surface area (Å²) in [5, 5.41) is 28.4. The molecule has 5 nitrogen and oxygen atoms in total. The maximum atomic E-state index is 10.5. The first-order valence-corrected chi connectivity index (χ1v) is 4.37. The summed E-state index contributed by atoms with van der Waals surface area (Å²) in [6, 6.07) is 3.85. The van der Waals surface area contributed by atoms with Crippen LogP contribution < -0.4 is 5.73 Å². The minimum absolute atomic E-state index is 0.0814. The van der Waals surface area contributed by atoms with Crippen molar-refractivity contribution in [2.75, 3.05) is 0 Å². The zero-order valence-corrected chi connectivity index (χ0v) is 8.21. The number of aliphatic hydroxyl groups excluding tert-OH is 1. The Labute approximate surface area is 86.8 Å². The topological polar surface area (TPSA) is 104 Å². The van der Waals surface area contributed by atoms with Crippen molar-refractivity contribution in [1.29, 1.82) is 0 Å². The van der Waals surface area contributed by atoms with Crippen LogP contribution in [-0.4, -0.2) is 27.7 Å². The number of carbonyl (C=O) groups is 1. The lowest BCUT2D eigenvalue weighted by molar-refractivity contribution is -0.0682. The Morgan fingerprint density at radius 1 is 1.53 bits per heavy atom. The fourth-order valence-corrected chi connectivity index (χ4v) is 1.17. The van der Waals surface area contributed by atoms with Gasteiger partial charge in [-0.25, -0.2) is 0 Å². The lowest BCUT2D eigenvalue weighted by atomic mass is 9.96. The van der Waals surface area contributed by atoms with E-state index in [1.165, 1.54) is 25.1 Å². The van der Waals surface area contributed by atoms with Gasteiger partial charge in [-0.2, -0.15) is 0 Å².